The smallest absolute Gasteiger partial charge is 0.327 e. The van der Waals surface area contributed by atoms with Gasteiger partial charge in [0, 0.05) is 20.2 Å². The van der Waals surface area contributed by atoms with Crippen molar-refractivity contribution in [2.45, 2.75) is 50.7 Å². The number of ether oxygens (including phenoxy) is 2. The summed E-state index contributed by atoms with van der Waals surface area (Å²) >= 11 is 0. The molecule has 2 rings (SSSR count). The van der Waals surface area contributed by atoms with E-state index in [9.17, 15) is 4.79 Å². The van der Waals surface area contributed by atoms with E-state index >= 15 is 0 Å². The van der Waals surface area contributed by atoms with Crippen LogP contribution in [-0.4, -0.2) is 62.9 Å². The summed E-state index contributed by atoms with van der Waals surface area (Å²) in [6.07, 6.45) is 5.80. The van der Waals surface area contributed by atoms with Crippen molar-refractivity contribution in [1.82, 2.24) is 10.2 Å². The topological polar surface area (TPSA) is 50.8 Å². The average molecular weight is 298 g/mol. The van der Waals surface area contributed by atoms with Crippen LogP contribution >= 0.6 is 0 Å². The summed E-state index contributed by atoms with van der Waals surface area (Å²) in [5.74, 6) is 0.317. The molecule has 0 spiro atoms. The Morgan fingerprint density at radius 2 is 2.10 bits per heavy atom. The van der Waals surface area contributed by atoms with Gasteiger partial charge < -0.3 is 14.8 Å². The standard InChI is InChI=1S/C16H30N2O3/c1-4-9-17-16(13-7-8-13,15(19)21-3)12-18-10-5-6-14(11-18)20-2/h13-14,17H,4-12H2,1-3H3. The Labute approximate surface area is 128 Å². The molecule has 5 nitrogen and oxygen atoms in total. The van der Waals surface area contributed by atoms with Gasteiger partial charge in [-0.25, -0.2) is 4.79 Å². The zero-order valence-electron chi connectivity index (χ0n) is 13.7. The fraction of sp³-hybridized carbons (Fsp3) is 0.938. The molecule has 2 fully saturated rings. The van der Waals surface area contributed by atoms with Crippen LogP contribution in [0.1, 0.15) is 39.0 Å². The van der Waals surface area contributed by atoms with Crippen LogP contribution in [0.5, 0.6) is 0 Å². The SMILES string of the molecule is CCCNC(CN1CCCC(OC)C1)(C(=O)OC)C1CC1. The lowest BCUT2D eigenvalue weighted by Crippen LogP contribution is -2.62. The average Bonchev–Trinajstić information content (AvgIpc) is 3.36. The molecule has 1 saturated heterocycles. The highest BCUT2D eigenvalue weighted by Gasteiger charge is 2.52. The monoisotopic (exact) mass is 298 g/mol. The van der Waals surface area contributed by atoms with Gasteiger partial charge in [0.25, 0.3) is 0 Å². The molecule has 1 heterocycles. The predicted octanol–water partition coefficient (Wildman–Crippen LogP) is 1.42. The molecule has 0 amide bonds. The maximum Gasteiger partial charge on any atom is 0.327 e. The molecule has 1 aliphatic carbocycles. The third-order valence-corrected chi connectivity index (χ3v) is 4.78. The Balaban J connectivity index is 2.08. The van der Waals surface area contributed by atoms with Crippen LogP contribution in [0, 0.1) is 5.92 Å². The van der Waals surface area contributed by atoms with Gasteiger partial charge in [-0.05, 0) is 51.1 Å². The number of carbonyl (C=O) groups is 1. The van der Waals surface area contributed by atoms with Gasteiger partial charge in [0.1, 0.15) is 5.54 Å². The number of hydrogen-bond acceptors (Lipinski definition) is 5. The van der Waals surface area contributed by atoms with Crippen LogP contribution in [0.2, 0.25) is 0 Å². The number of methoxy groups -OCH3 is 2. The van der Waals surface area contributed by atoms with Crippen molar-refractivity contribution >= 4 is 5.97 Å². The Kier molecular flexibility index (Phi) is 6.02. The quantitative estimate of drug-likeness (QED) is 0.687. The minimum absolute atomic E-state index is 0.0991. The molecule has 2 atom stereocenters. The second-order valence-corrected chi connectivity index (χ2v) is 6.40. The van der Waals surface area contributed by atoms with E-state index in [0.717, 1.165) is 58.3 Å². The van der Waals surface area contributed by atoms with Crippen LogP contribution in [0.4, 0.5) is 0 Å². The Morgan fingerprint density at radius 1 is 1.33 bits per heavy atom. The summed E-state index contributed by atoms with van der Waals surface area (Å²) < 4.78 is 10.7. The number of esters is 1. The van der Waals surface area contributed by atoms with Crippen molar-refractivity contribution in [2.24, 2.45) is 5.92 Å². The first kappa shape index (κ1) is 16.7. The number of likely N-dealkylation sites (tertiary alicyclic amines) is 1. The number of carbonyl (C=O) groups excluding carboxylic acids is 1. The lowest BCUT2D eigenvalue weighted by molar-refractivity contribution is -0.151. The highest BCUT2D eigenvalue weighted by Crippen LogP contribution is 2.41. The summed E-state index contributed by atoms with van der Waals surface area (Å²) in [6.45, 7) is 5.68. The molecule has 0 aromatic rings. The predicted molar refractivity (Wildman–Crippen MR) is 82.2 cm³/mol. The van der Waals surface area contributed by atoms with Crippen LogP contribution in [-0.2, 0) is 14.3 Å². The van der Waals surface area contributed by atoms with E-state index in [4.69, 9.17) is 9.47 Å². The second-order valence-electron chi connectivity index (χ2n) is 6.40. The van der Waals surface area contributed by atoms with E-state index in [0.29, 0.717) is 12.0 Å². The molecule has 2 unspecified atom stereocenters. The number of rotatable bonds is 8. The third-order valence-electron chi connectivity index (χ3n) is 4.78. The molecule has 0 aromatic carbocycles. The van der Waals surface area contributed by atoms with Crippen LogP contribution < -0.4 is 5.32 Å². The maximum absolute atomic E-state index is 12.5. The van der Waals surface area contributed by atoms with Crippen LogP contribution in [0.3, 0.4) is 0 Å². The molecule has 5 heteroatoms. The molecule has 21 heavy (non-hydrogen) atoms. The summed E-state index contributed by atoms with van der Waals surface area (Å²) in [4.78, 5) is 14.9. The Bertz CT molecular complexity index is 346. The molecule has 122 valence electrons. The summed E-state index contributed by atoms with van der Waals surface area (Å²) in [6, 6.07) is 0. The summed E-state index contributed by atoms with van der Waals surface area (Å²) in [5.41, 5.74) is -0.527. The summed E-state index contributed by atoms with van der Waals surface area (Å²) in [5, 5.41) is 3.52. The number of hydrogen-bond donors (Lipinski definition) is 1. The van der Waals surface area contributed by atoms with Gasteiger partial charge >= 0.3 is 5.97 Å². The molecular weight excluding hydrogens is 268 g/mol. The van der Waals surface area contributed by atoms with E-state index < -0.39 is 5.54 Å². The molecular formula is C16H30N2O3. The number of nitrogens with zero attached hydrogens (tertiary/aromatic N) is 1. The first-order chi connectivity index (χ1) is 10.2. The second kappa shape index (κ2) is 7.56. The van der Waals surface area contributed by atoms with Crippen molar-refractivity contribution < 1.29 is 14.3 Å². The fourth-order valence-corrected chi connectivity index (χ4v) is 3.44. The van der Waals surface area contributed by atoms with E-state index in [-0.39, 0.29) is 5.97 Å². The van der Waals surface area contributed by atoms with Crippen molar-refractivity contribution in [3.05, 3.63) is 0 Å². The van der Waals surface area contributed by atoms with Crippen molar-refractivity contribution in [2.75, 3.05) is 40.4 Å². The molecule has 1 N–H and O–H groups in total. The zero-order valence-corrected chi connectivity index (χ0v) is 13.7. The molecule has 2 aliphatic rings. The van der Waals surface area contributed by atoms with Crippen molar-refractivity contribution in [3.63, 3.8) is 0 Å². The fourth-order valence-electron chi connectivity index (χ4n) is 3.44. The van der Waals surface area contributed by atoms with Gasteiger partial charge in [-0.1, -0.05) is 6.92 Å². The zero-order chi connectivity index (χ0) is 15.3. The van der Waals surface area contributed by atoms with Gasteiger partial charge in [-0.15, -0.1) is 0 Å². The van der Waals surface area contributed by atoms with E-state index in [1.807, 2.05) is 0 Å². The number of nitrogens with one attached hydrogen (secondary N) is 1. The third kappa shape index (κ3) is 3.96. The lowest BCUT2D eigenvalue weighted by atomic mass is 9.90. The highest BCUT2D eigenvalue weighted by atomic mass is 16.5. The van der Waals surface area contributed by atoms with E-state index in [2.05, 4.69) is 17.1 Å². The summed E-state index contributed by atoms with van der Waals surface area (Å²) in [7, 11) is 3.28. The molecule has 0 bridgehead atoms. The lowest BCUT2D eigenvalue weighted by Gasteiger charge is -2.40. The molecule has 0 radical (unpaired) electrons. The van der Waals surface area contributed by atoms with Crippen LogP contribution in [0.25, 0.3) is 0 Å². The first-order valence-corrected chi connectivity index (χ1v) is 8.25. The Morgan fingerprint density at radius 3 is 2.67 bits per heavy atom. The van der Waals surface area contributed by atoms with Gasteiger partial charge in [0.05, 0.1) is 13.2 Å². The van der Waals surface area contributed by atoms with Crippen molar-refractivity contribution in [1.29, 1.82) is 0 Å². The maximum atomic E-state index is 12.5. The highest BCUT2D eigenvalue weighted by molar-refractivity contribution is 5.82. The number of piperidine rings is 1. The minimum Gasteiger partial charge on any atom is -0.468 e. The van der Waals surface area contributed by atoms with Gasteiger partial charge in [-0.3, -0.25) is 4.90 Å². The van der Waals surface area contributed by atoms with Gasteiger partial charge in [0.2, 0.25) is 0 Å². The molecule has 0 aromatic heterocycles. The Hall–Kier alpha value is -0.650. The molecule has 1 saturated carbocycles. The van der Waals surface area contributed by atoms with Gasteiger partial charge in [0.15, 0.2) is 0 Å². The van der Waals surface area contributed by atoms with Crippen molar-refractivity contribution in [3.8, 4) is 0 Å². The van der Waals surface area contributed by atoms with E-state index in [1.165, 1.54) is 7.11 Å². The minimum atomic E-state index is -0.527. The molecule has 1 aliphatic heterocycles. The largest absolute Gasteiger partial charge is 0.468 e. The first-order valence-electron chi connectivity index (χ1n) is 8.25. The van der Waals surface area contributed by atoms with Gasteiger partial charge in [-0.2, -0.15) is 0 Å². The van der Waals surface area contributed by atoms with E-state index in [1.54, 1.807) is 7.11 Å². The normalized spacial score (nSPS) is 26.3. The van der Waals surface area contributed by atoms with Crippen LogP contribution in [0.15, 0.2) is 0 Å².